The molecule has 2 rings (SSSR count). The van der Waals surface area contributed by atoms with Gasteiger partial charge < -0.3 is 10.1 Å². The fourth-order valence-corrected chi connectivity index (χ4v) is 2.01. The van der Waals surface area contributed by atoms with Crippen LogP contribution in [0.3, 0.4) is 0 Å². The van der Waals surface area contributed by atoms with Crippen molar-refractivity contribution in [1.82, 2.24) is 5.32 Å². The van der Waals surface area contributed by atoms with Crippen LogP contribution < -0.4 is 10.1 Å². The first-order chi connectivity index (χ1) is 7.79. The number of halogens is 1. The van der Waals surface area contributed by atoms with E-state index in [1.54, 1.807) is 6.08 Å². The van der Waals surface area contributed by atoms with E-state index in [2.05, 4.69) is 40.0 Å². The van der Waals surface area contributed by atoms with Crippen molar-refractivity contribution in [3.63, 3.8) is 0 Å². The minimum absolute atomic E-state index is 0.540. The number of hydrogen-bond donors (Lipinski definition) is 1. The number of nitrogens with one attached hydrogen (secondary N) is 1. The lowest BCUT2D eigenvalue weighted by Crippen LogP contribution is -2.15. The molecule has 1 aliphatic carbocycles. The molecule has 0 amide bonds. The average molecular weight is 282 g/mol. The van der Waals surface area contributed by atoms with E-state index in [0.29, 0.717) is 6.61 Å². The van der Waals surface area contributed by atoms with Crippen LogP contribution in [-0.2, 0) is 6.54 Å². The van der Waals surface area contributed by atoms with E-state index in [1.807, 2.05) is 6.07 Å². The third-order valence-corrected chi connectivity index (χ3v) is 3.14. The molecule has 0 radical (unpaired) electrons. The Bertz CT molecular complexity index is 374. The molecule has 1 N–H and O–H groups in total. The largest absolute Gasteiger partial charge is 0.488 e. The van der Waals surface area contributed by atoms with E-state index >= 15 is 0 Å². The summed E-state index contributed by atoms with van der Waals surface area (Å²) in [4.78, 5) is 0. The molecule has 0 aliphatic heterocycles. The van der Waals surface area contributed by atoms with Crippen LogP contribution in [-0.4, -0.2) is 12.6 Å². The van der Waals surface area contributed by atoms with Crippen molar-refractivity contribution >= 4 is 15.9 Å². The van der Waals surface area contributed by atoms with Crippen molar-refractivity contribution in [2.24, 2.45) is 0 Å². The zero-order valence-corrected chi connectivity index (χ0v) is 10.8. The van der Waals surface area contributed by atoms with Crippen LogP contribution >= 0.6 is 15.9 Å². The first-order valence-electron chi connectivity index (χ1n) is 5.55. The second-order valence-electron chi connectivity index (χ2n) is 4.02. The third-order valence-electron chi connectivity index (χ3n) is 2.53. The molecular formula is C13H16BrNO. The summed E-state index contributed by atoms with van der Waals surface area (Å²) in [5, 5.41) is 3.48. The number of ether oxygens (including phenoxy) is 1. The molecule has 2 nitrogen and oxygen atoms in total. The van der Waals surface area contributed by atoms with Crippen LogP contribution in [0.1, 0.15) is 18.4 Å². The number of benzene rings is 1. The molecule has 1 aromatic rings. The molecule has 3 heteroatoms. The number of rotatable bonds is 6. The summed E-state index contributed by atoms with van der Waals surface area (Å²) in [6.07, 6.45) is 4.39. The third kappa shape index (κ3) is 3.35. The molecule has 0 unspecified atom stereocenters. The van der Waals surface area contributed by atoms with E-state index < -0.39 is 0 Å². The van der Waals surface area contributed by atoms with Gasteiger partial charge in [-0.2, -0.15) is 0 Å². The molecule has 1 saturated carbocycles. The summed E-state index contributed by atoms with van der Waals surface area (Å²) < 4.78 is 6.50. The SMILES string of the molecule is C=CCOc1ccc(CNC2CC2)cc1Br. The topological polar surface area (TPSA) is 21.3 Å². The number of hydrogen-bond acceptors (Lipinski definition) is 2. The zero-order valence-electron chi connectivity index (χ0n) is 9.21. The Labute approximate surface area is 105 Å². The van der Waals surface area contributed by atoms with Gasteiger partial charge >= 0.3 is 0 Å². The van der Waals surface area contributed by atoms with Gasteiger partial charge in [-0.1, -0.05) is 18.7 Å². The van der Waals surface area contributed by atoms with Crippen molar-refractivity contribution in [3.05, 3.63) is 40.9 Å². The van der Waals surface area contributed by atoms with Crippen LogP contribution in [0.5, 0.6) is 5.75 Å². The van der Waals surface area contributed by atoms with E-state index in [9.17, 15) is 0 Å². The van der Waals surface area contributed by atoms with Crippen LogP contribution in [0.25, 0.3) is 0 Å². The van der Waals surface area contributed by atoms with Gasteiger partial charge in [0.2, 0.25) is 0 Å². The standard InChI is InChI=1S/C13H16BrNO/c1-2-7-16-13-6-3-10(8-12(13)14)9-15-11-4-5-11/h2-3,6,8,11,15H,1,4-5,7,9H2. The van der Waals surface area contributed by atoms with E-state index in [4.69, 9.17) is 4.74 Å². The Kier molecular flexibility index (Phi) is 4.02. The maximum absolute atomic E-state index is 5.49. The molecule has 0 atom stereocenters. The normalized spacial score (nSPS) is 14.8. The molecule has 0 aromatic heterocycles. The Morgan fingerprint density at radius 1 is 1.50 bits per heavy atom. The van der Waals surface area contributed by atoms with Gasteiger partial charge in [0.05, 0.1) is 4.47 Å². The Morgan fingerprint density at radius 3 is 2.94 bits per heavy atom. The maximum Gasteiger partial charge on any atom is 0.133 e. The summed E-state index contributed by atoms with van der Waals surface area (Å²) in [5.41, 5.74) is 1.28. The van der Waals surface area contributed by atoms with Gasteiger partial charge in [-0.25, -0.2) is 0 Å². The van der Waals surface area contributed by atoms with Crippen LogP contribution in [0.15, 0.2) is 35.3 Å². The van der Waals surface area contributed by atoms with Crippen LogP contribution in [0, 0.1) is 0 Å². The molecule has 1 fully saturated rings. The molecule has 16 heavy (non-hydrogen) atoms. The van der Waals surface area contributed by atoms with Gasteiger partial charge in [0, 0.05) is 12.6 Å². The summed E-state index contributed by atoms with van der Waals surface area (Å²) in [6, 6.07) is 6.94. The lowest BCUT2D eigenvalue weighted by Gasteiger charge is -2.08. The van der Waals surface area contributed by atoms with Gasteiger partial charge in [-0.3, -0.25) is 0 Å². The monoisotopic (exact) mass is 281 g/mol. The van der Waals surface area contributed by atoms with Crippen molar-refractivity contribution in [1.29, 1.82) is 0 Å². The van der Waals surface area contributed by atoms with E-state index in [1.165, 1.54) is 18.4 Å². The lowest BCUT2D eigenvalue weighted by molar-refractivity contribution is 0.361. The van der Waals surface area contributed by atoms with Crippen LogP contribution in [0.2, 0.25) is 0 Å². The van der Waals surface area contributed by atoms with Crippen molar-refractivity contribution in [2.45, 2.75) is 25.4 Å². The molecule has 0 spiro atoms. The fourth-order valence-electron chi connectivity index (χ4n) is 1.47. The molecule has 0 heterocycles. The fraction of sp³-hybridized carbons (Fsp3) is 0.385. The van der Waals surface area contributed by atoms with Gasteiger partial charge in [0.1, 0.15) is 12.4 Å². The molecule has 1 aliphatic rings. The molecule has 0 saturated heterocycles. The predicted octanol–water partition coefficient (Wildman–Crippen LogP) is 3.27. The summed E-state index contributed by atoms with van der Waals surface area (Å²) in [7, 11) is 0. The van der Waals surface area contributed by atoms with E-state index in [0.717, 1.165) is 22.8 Å². The van der Waals surface area contributed by atoms with E-state index in [-0.39, 0.29) is 0 Å². The van der Waals surface area contributed by atoms with Crippen molar-refractivity contribution < 1.29 is 4.74 Å². The van der Waals surface area contributed by atoms with Gasteiger partial charge in [0.15, 0.2) is 0 Å². The minimum atomic E-state index is 0.540. The minimum Gasteiger partial charge on any atom is -0.488 e. The lowest BCUT2D eigenvalue weighted by atomic mass is 10.2. The summed E-state index contributed by atoms with van der Waals surface area (Å²) in [5.74, 6) is 0.870. The first kappa shape index (κ1) is 11.7. The van der Waals surface area contributed by atoms with Gasteiger partial charge in [-0.15, -0.1) is 0 Å². The molecule has 0 bridgehead atoms. The molecular weight excluding hydrogens is 266 g/mol. The highest BCUT2D eigenvalue weighted by Gasteiger charge is 2.19. The Balaban J connectivity index is 1.94. The Morgan fingerprint density at radius 2 is 2.31 bits per heavy atom. The second kappa shape index (κ2) is 5.51. The first-order valence-corrected chi connectivity index (χ1v) is 6.34. The zero-order chi connectivity index (χ0) is 11.4. The highest BCUT2D eigenvalue weighted by molar-refractivity contribution is 9.10. The summed E-state index contributed by atoms with van der Waals surface area (Å²) >= 11 is 3.51. The molecule has 1 aromatic carbocycles. The second-order valence-corrected chi connectivity index (χ2v) is 4.87. The highest BCUT2D eigenvalue weighted by atomic mass is 79.9. The van der Waals surface area contributed by atoms with Gasteiger partial charge in [-0.05, 0) is 46.5 Å². The summed E-state index contributed by atoms with van der Waals surface area (Å²) in [6.45, 7) is 5.10. The quantitative estimate of drug-likeness (QED) is 0.809. The predicted molar refractivity (Wildman–Crippen MR) is 69.7 cm³/mol. The Hall–Kier alpha value is -0.800. The average Bonchev–Trinajstić information content (AvgIpc) is 3.09. The maximum atomic E-state index is 5.49. The molecule has 86 valence electrons. The smallest absolute Gasteiger partial charge is 0.133 e. The van der Waals surface area contributed by atoms with Crippen LogP contribution in [0.4, 0.5) is 0 Å². The highest BCUT2D eigenvalue weighted by Crippen LogP contribution is 2.26. The van der Waals surface area contributed by atoms with Gasteiger partial charge in [0.25, 0.3) is 0 Å². The van der Waals surface area contributed by atoms with Crippen molar-refractivity contribution in [3.8, 4) is 5.75 Å². The van der Waals surface area contributed by atoms with Crippen molar-refractivity contribution in [2.75, 3.05) is 6.61 Å².